The molecule has 0 aliphatic rings. The molecule has 9 heteroatoms. The van der Waals surface area contributed by atoms with Gasteiger partial charge < -0.3 is 19.3 Å². The van der Waals surface area contributed by atoms with Crippen LogP contribution in [0.1, 0.15) is 181 Å². The standard InChI is InChI=1S/C43H75O8P/c1-3-5-7-9-11-13-15-17-19-21-23-25-27-29-31-33-35-37-42(44)49-39-41(40-50-52(46,47)48)51-43(45)38-36-34-32-30-28-26-24-22-20-18-16-14-12-10-8-6-4-2/h6,8,11-14,17-20,41H,3-5,7,9-10,15-16,21-40H2,1-2H3,(H2,46,47,48)/b8-6-,13-11-,14-12-,19-17-,20-18-. The number of allylic oxidation sites excluding steroid dienone is 10. The second-order valence-corrected chi connectivity index (χ2v) is 14.8. The van der Waals surface area contributed by atoms with Crippen molar-refractivity contribution in [1.29, 1.82) is 0 Å². The van der Waals surface area contributed by atoms with Crippen molar-refractivity contribution in [3.8, 4) is 0 Å². The van der Waals surface area contributed by atoms with E-state index < -0.39 is 32.5 Å². The summed E-state index contributed by atoms with van der Waals surface area (Å²) >= 11 is 0. The fourth-order valence-corrected chi connectivity index (χ4v) is 5.84. The lowest BCUT2D eigenvalue weighted by molar-refractivity contribution is -0.161. The van der Waals surface area contributed by atoms with Crippen molar-refractivity contribution in [3.63, 3.8) is 0 Å². The average Bonchev–Trinajstić information content (AvgIpc) is 3.11. The molecule has 0 rings (SSSR count). The Morgan fingerprint density at radius 1 is 0.519 bits per heavy atom. The highest BCUT2D eigenvalue weighted by Gasteiger charge is 2.22. The van der Waals surface area contributed by atoms with E-state index in [0.717, 1.165) is 77.0 Å². The summed E-state index contributed by atoms with van der Waals surface area (Å²) in [7, 11) is -4.76. The minimum Gasteiger partial charge on any atom is -0.462 e. The van der Waals surface area contributed by atoms with E-state index in [2.05, 4.69) is 79.1 Å². The Morgan fingerprint density at radius 2 is 0.923 bits per heavy atom. The molecular weight excluding hydrogens is 675 g/mol. The second-order valence-electron chi connectivity index (χ2n) is 13.6. The summed E-state index contributed by atoms with van der Waals surface area (Å²) in [6.07, 6.45) is 47.9. The minimum absolute atomic E-state index is 0.196. The highest BCUT2D eigenvalue weighted by atomic mass is 31.2. The van der Waals surface area contributed by atoms with Gasteiger partial charge in [-0.1, -0.05) is 152 Å². The van der Waals surface area contributed by atoms with Crippen molar-refractivity contribution in [2.75, 3.05) is 13.2 Å². The summed E-state index contributed by atoms with van der Waals surface area (Å²) in [4.78, 5) is 42.8. The van der Waals surface area contributed by atoms with Crippen LogP contribution in [0, 0.1) is 0 Å². The molecule has 0 saturated carbocycles. The number of ether oxygens (including phenoxy) is 2. The van der Waals surface area contributed by atoms with Crippen LogP contribution in [0.15, 0.2) is 60.8 Å². The van der Waals surface area contributed by atoms with Gasteiger partial charge in [0.15, 0.2) is 6.10 Å². The normalized spacial score (nSPS) is 13.1. The monoisotopic (exact) mass is 751 g/mol. The molecular formula is C43H75O8P. The Hall–Kier alpha value is -2.25. The summed E-state index contributed by atoms with van der Waals surface area (Å²) < 4.78 is 26.4. The lowest BCUT2D eigenvalue weighted by Crippen LogP contribution is -2.29. The first-order chi connectivity index (χ1) is 25.3. The summed E-state index contributed by atoms with van der Waals surface area (Å²) in [5, 5.41) is 0. The van der Waals surface area contributed by atoms with E-state index in [0.29, 0.717) is 12.8 Å². The van der Waals surface area contributed by atoms with Crippen molar-refractivity contribution in [3.05, 3.63) is 60.8 Å². The average molecular weight is 751 g/mol. The van der Waals surface area contributed by atoms with Gasteiger partial charge in [0.25, 0.3) is 0 Å². The van der Waals surface area contributed by atoms with Crippen LogP contribution in [0.4, 0.5) is 0 Å². The maximum atomic E-state index is 12.4. The first-order valence-electron chi connectivity index (χ1n) is 20.6. The number of unbranched alkanes of at least 4 members (excludes halogenated alkanes) is 17. The topological polar surface area (TPSA) is 119 Å². The van der Waals surface area contributed by atoms with Crippen LogP contribution in [-0.2, 0) is 28.2 Å². The quantitative estimate of drug-likeness (QED) is 0.0279. The molecule has 0 aliphatic heterocycles. The van der Waals surface area contributed by atoms with Gasteiger partial charge in [0, 0.05) is 12.8 Å². The van der Waals surface area contributed by atoms with Crippen molar-refractivity contribution in [2.45, 2.75) is 187 Å². The molecule has 0 aromatic heterocycles. The Morgan fingerprint density at radius 3 is 1.38 bits per heavy atom. The van der Waals surface area contributed by atoms with Crippen LogP contribution in [0.3, 0.4) is 0 Å². The molecule has 0 fully saturated rings. The Bertz CT molecular complexity index is 1030. The van der Waals surface area contributed by atoms with E-state index in [1.54, 1.807) is 0 Å². The third-order valence-electron chi connectivity index (χ3n) is 8.52. The molecule has 0 aromatic rings. The number of rotatable bonds is 37. The molecule has 0 radical (unpaired) electrons. The van der Waals surface area contributed by atoms with Crippen molar-refractivity contribution in [2.24, 2.45) is 0 Å². The highest BCUT2D eigenvalue weighted by Crippen LogP contribution is 2.36. The van der Waals surface area contributed by atoms with Crippen molar-refractivity contribution in [1.82, 2.24) is 0 Å². The Labute approximate surface area is 317 Å². The summed E-state index contributed by atoms with van der Waals surface area (Å²) in [6.45, 7) is 3.53. The summed E-state index contributed by atoms with van der Waals surface area (Å²) in [5.74, 6) is -0.908. The number of carbonyl (C=O) groups excluding carboxylic acids is 2. The smallest absolute Gasteiger partial charge is 0.462 e. The van der Waals surface area contributed by atoms with Gasteiger partial charge in [0.1, 0.15) is 6.61 Å². The van der Waals surface area contributed by atoms with E-state index >= 15 is 0 Å². The molecule has 0 amide bonds. The maximum absolute atomic E-state index is 12.4. The van der Waals surface area contributed by atoms with Gasteiger partial charge in [-0.25, -0.2) is 4.57 Å². The highest BCUT2D eigenvalue weighted by molar-refractivity contribution is 7.46. The molecule has 0 spiro atoms. The predicted octanol–water partition coefficient (Wildman–Crippen LogP) is 12.5. The van der Waals surface area contributed by atoms with Crippen molar-refractivity contribution >= 4 is 19.8 Å². The molecule has 2 N–H and O–H groups in total. The molecule has 300 valence electrons. The van der Waals surface area contributed by atoms with Gasteiger partial charge in [-0.3, -0.25) is 14.1 Å². The molecule has 0 heterocycles. The maximum Gasteiger partial charge on any atom is 0.469 e. The van der Waals surface area contributed by atoms with Gasteiger partial charge in [-0.2, -0.15) is 0 Å². The number of carbonyl (C=O) groups is 2. The zero-order valence-electron chi connectivity index (χ0n) is 32.9. The van der Waals surface area contributed by atoms with Crippen LogP contribution in [0.5, 0.6) is 0 Å². The molecule has 0 saturated heterocycles. The molecule has 8 nitrogen and oxygen atoms in total. The van der Waals surface area contributed by atoms with Crippen LogP contribution in [0.25, 0.3) is 0 Å². The predicted molar refractivity (Wildman–Crippen MR) is 216 cm³/mol. The van der Waals surface area contributed by atoms with E-state index in [4.69, 9.17) is 19.3 Å². The first kappa shape index (κ1) is 49.8. The molecule has 0 aliphatic carbocycles. The Kier molecular flexibility index (Phi) is 36.8. The van der Waals surface area contributed by atoms with E-state index in [1.165, 1.54) is 64.2 Å². The largest absolute Gasteiger partial charge is 0.469 e. The zero-order valence-corrected chi connectivity index (χ0v) is 33.8. The lowest BCUT2D eigenvalue weighted by Gasteiger charge is -2.18. The first-order valence-corrected chi connectivity index (χ1v) is 22.1. The van der Waals surface area contributed by atoms with Crippen LogP contribution < -0.4 is 0 Å². The van der Waals surface area contributed by atoms with Crippen molar-refractivity contribution < 1.29 is 37.9 Å². The fourth-order valence-electron chi connectivity index (χ4n) is 5.48. The number of phosphoric ester groups is 1. The molecule has 1 unspecified atom stereocenters. The van der Waals surface area contributed by atoms with E-state index in [9.17, 15) is 14.2 Å². The molecule has 52 heavy (non-hydrogen) atoms. The number of esters is 2. The van der Waals surface area contributed by atoms with Crippen LogP contribution in [0.2, 0.25) is 0 Å². The van der Waals surface area contributed by atoms with Gasteiger partial charge in [0.05, 0.1) is 6.61 Å². The molecule has 0 bridgehead atoms. The van der Waals surface area contributed by atoms with Gasteiger partial charge in [0.2, 0.25) is 0 Å². The number of phosphoric acid groups is 1. The SMILES string of the molecule is CC/C=C\C/C=C\C/C=C\CCCCCCCCCC(=O)OC(COC(=O)CCCCCCCCC/C=C\C/C=C\CCCCC)COP(=O)(O)O. The van der Waals surface area contributed by atoms with Crippen LogP contribution in [-0.4, -0.2) is 41.0 Å². The van der Waals surface area contributed by atoms with E-state index in [1.807, 2.05) is 0 Å². The summed E-state index contributed by atoms with van der Waals surface area (Å²) in [5.41, 5.74) is 0. The zero-order chi connectivity index (χ0) is 38.2. The van der Waals surface area contributed by atoms with Crippen LogP contribution >= 0.6 is 7.82 Å². The number of hydrogen-bond donors (Lipinski definition) is 2. The fraction of sp³-hybridized carbons (Fsp3) is 0.721. The van der Waals surface area contributed by atoms with Gasteiger partial charge in [-0.05, 0) is 77.0 Å². The number of hydrogen-bond acceptors (Lipinski definition) is 6. The minimum atomic E-state index is -4.76. The summed E-state index contributed by atoms with van der Waals surface area (Å²) in [6, 6.07) is 0. The van der Waals surface area contributed by atoms with E-state index in [-0.39, 0.29) is 19.4 Å². The third kappa shape index (κ3) is 40.5. The molecule has 1 atom stereocenters. The van der Waals surface area contributed by atoms with Gasteiger partial charge in [-0.15, -0.1) is 0 Å². The Balaban J connectivity index is 3.96. The lowest BCUT2D eigenvalue weighted by atomic mass is 10.1. The van der Waals surface area contributed by atoms with Gasteiger partial charge >= 0.3 is 19.8 Å². The molecule has 0 aromatic carbocycles. The second kappa shape index (κ2) is 38.5. The third-order valence-corrected chi connectivity index (χ3v) is 9.01.